The van der Waals surface area contributed by atoms with E-state index in [1.165, 1.54) is 24.4 Å². The molecule has 2 N–H and O–H groups in total. The number of amides is 1. The van der Waals surface area contributed by atoms with Gasteiger partial charge in [-0.1, -0.05) is 25.4 Å². The van der Waals surface area contributed by atoms with Crippen LogP contribution in [0.15, 0.2) is 30.5 Å². The predicted octanol–water partition coefficient (Wildman–Crippen LogP) is 4.42. The molecule has 0 radical (unpaired) electrons. The van der Waals surface area contributed by atoms with E-state index in [0.717, 1.165) is 12.0 Å². The summed E-state index contributed by atoms with van der Waals surface area (Å²) in [6, 6.07) is 5.95. The molecule has 8 heteroatoms. The van der Waals surface area contributed by atoms with Crippen LogP contribution in [0.4, 0.5) is 15.9 Å². The monoisotopic (exact) mass is 419 g/mol. The van der Waals surface area contributed by atoms with Gasteiger partial charge in [0.25, 0.3) is 5.91 Å². The summed E-state index contributed by atoms with van der Waals surface area (Å²) in [5.41, 5.74) is 1.45. The van der Waals surface area contributed by atoms with Gasteiger partial charge in [-0.05, 0) is 48.1 Å². The highest BCUT2D eigenvalue weighted by Crippen LogP contribution is 2.26. The van der Waals surface area contributed by atoms with Crippen LogP contribution < -0.4 is 10.6 Å². The molecule has 1 aliphatic rings. The number of rotatable bonds is 6. The van der Waals surface area contributed by atoms with Gasteiger partial charge < -0.3 is 15.4 Å². The molecule has 1 atom stereocenters. The Balaban J connectivity index is 1.74. The third-order valence-corrected chi connectivity index (χ3v) is 5.02. The molecule has 29 heavy (non-hydrogen) atoms. The standard InChI is InChI=1S/C21H23ClFN3O3/c1-12(2)15-9-19(26-18-8-14(22)3-4-17(18)23)24-11-16(15)21(28)25-10-13-5-6-29-20(27)7-13/h3-4,8-9,11-13H,5-7,10H2,1-2H3,(H,24,26)(H,25,28). The highest BCUT2D eigenvalue weighted by molar-refractivity contribution is 6.30. The molecule has 3 rings (SSSR count). The maximum absolute atomic E-state index is 14.0. The molecule has 1 amide bonds. The number of ether oxygens (including phenoxy) is 1. The Labute approximate surface area is 173 Å². The Hall–Kier alpha value is -2.67. The minimum Gasteiger partial charge on any atom is -0.466 e. The van der Waals surface area contributed by atoms with Crippen LogP contribution in [0.5, 0.6) is 0 Å². The van der Waals surface area contributed by atoms with Gasteiger partial charge >= 0.3 is 5.97 Å². The lowest BCUT2D eigenvalue weighted by molar-refractivity contribution is -0.149. The van der Waals surface area contributed by atoms with Crippen LogP contribution in [0.2, 0.25) is 5.02 Å². The molecule has 1 unspecified atom stereocenters. The first-order chi connectivity index (χ1) is 13.8. The molecule has 1 aliphatic heterocycles. The summed E-state index contributed by atoms with van der Waals surface area (Å²) in [4.78, 5) is 28.3. The van der Waals surface area contributed by atoms with E-state index < -0.39 is 5.82 Å². The lowest BCUT2D eigenvalue weighted by Crippen LogP contribution is -2.34. The first-order valence-electron chi connectivity index (χ1n) is 9.49. The molecule has 0 bridgehead atoms. The molecular weight excluding hydrogens is 397 g/mol. The molecule has 1 aromatic heterocycles. The molecule has 154 valence electrons. The Kier molecular flexibility index (Phi) is 6.69. The fourth-order valence-electron chi connectivity index (χ4n) is 3.18. The molecule has 0 spiro atoms. The first kappa shape index (κ1) is 21.0. The highest BCUT2D eigenvalue weighted by atomic mass is 35.5. The van der Waals surface area contributed by atoms with Gasteiger partial charge in [0.05, 0.1) is 24.3 Å². The number of carbonyl (C=O) groups is 2. The third-order valence-electron chi connectivity index (χ3n) is 4.79. The zero-order valence-electron chi connectivity index (χ0n) is 16.3. The van der Waals surface area contributed by atoms with E-state index in [9.17, 15) is 14.0 Å². The van der Waals surface area contributed by atoms with Crippen LogP contribution in [0, 0.1) is 11.7 Å². The number of nitrogens with one attached hydrogen (secondary N) is 2. The first-order valence-corrected chi connectivity index (χ1v) is 9.87. The van der Waals surface area contributed by atoms with Crippen molar-refractivity contribution in [2.45, 2.75) is 32.6 Å². The minimum atomic E-state index is -0.449. The number of hydrogen-bond acceptors (Lipinski definition) is 5. The van der Waals surface area contributed by atoms with Gasteiger partial charge in [0.15, 0.2) is 0 Å². The van der Waals surface area contributed by atoms with Crippen LogP contribution in [-0.4, -0.2) is 30.0 Å². The molecule has 1 aromatic carbocycles. The Morgan fingerprint density at radius 2 is 2.17 bits per heavy atom. The number of nitrogens with zero attached hydrogens (tertiary/aromatic N) is 1. The van der Waals surface area contributed by atoms with Gasteiger partial charge in [-0.3, -0.25) is 9.59 Å². The second-order valence-corrected chi connectivity index (χ2v) is 7.79. The van der Waals surface area contributed by atoms with E-state index >= 15 is 0 Å². The number of esters is 1. The van der Waals surface area contributed by atoms with Crippen LogP contribution in [0.3, 0.4) is 0 Å². The summed E-state index contributed by atoms with van der Waals surface area (Å²) < 4.78 is 18.9. The Morgan fingerprint density at radius 1 is 1.38 bits per heavy atom. The van der Waals surface area contributed by atoms with Gasteiger partial charge in [0.2, 0.25) is 0 Å². The van der Waals surface area contributed by atoms with Crippen LogP contribution in [0.25, 0.3) is 0 Å². The smallest absolute Gasteiger partial charge is 0.306 e. The maximum atomic E-state index is 14.0. The summed E-state index contributed by atoms with van der Waals surface area (Å²) in [5.74, 6) is -0.392. The van der Waals surface area contributed by atoms with Gasteiger partial charge in [-0.2, -0.15) is 0 Å². The van der Waals surface area contributed by atoms with Gasteiger partial charge in [-0.25, -0.2) is 9.37 Å². The van der Waals surface area contributed by atoms with Crippen LogP contribution in [-0.2, 0) is 9.53 Å². The SMILES string of the molecule is CC(C)c1cc(Nc2cc(Cl)ccc2F)ncc1C(=O)NCC1CCOC(=O)C1. The molecule has 1 saturated heterocycles. The number of aromatic nitrogens is 1. The number of cyclic esters (lactones) is 1. The largest absolute Gasteiger partial charge is 0.466 e. The molecule has 0 saturated carbocycles. The van der Waals surface area contributed by atoms with Crippen LogP contribution >= 0.6 is 11.6 Å². The average Bonchev–Trinajstić information content (AvgIpc) is 2.69. The molecule has 1 fully saturated rings. The van der Waals surface area contributed by atoms with Crippen molar-refractivity contribution in [2.75, 3.05) is 18.5 Å². The number of anilines is 2. The second-order valence-electron chi connectivity index (χ2n) is 7.35. The van der Waals surface area contributed by atoms with Crippen molar-refractivity contribution in [2.24, 2.45) is 5.92 Å². The fourth-order valence-corrected chi connectivity index (χ4v) is 3.35. The van der Waals surface area contributed by atoms with Crippen molar-refractivity contribution in [3.05, 3.63) is 52.4 Å². The van der Waals surface area contributed by atoms with Crippen molar-refractivity contribution in [1.29, 1.82) is 0 Å². The van der Waals surface area contributed by atoms with Crippen LogP contribution in [0.1, 0.15) is 48.5 Å². The number of hydrogen-bond donors (Lipinski definition) is 2. The van der Waals surface area contributed by atoms with Crippen molar-refractivity contribution in [1.82, 2.24) is 10.3 Å². The van der Waals surface area contributed by atoms with E-state index in [1.54, 1.807) is 6.07 Å². The van der Waals surface area contributed by atoms with E-state index in [4.69, 9.17) is 16.3 Å². The van der Waals surface area contributed by atoms with Gasteiger partial charge in [0.1, 0.15) is 11.6 Å². The maximum Gasteiger partial charge on any atom is 0.306 e. The Bertz CT molecular complexity index is 920. The van der Waals surface area contributed by atoms with Crippen molar-refractivity contribution in [3.63, 3.8) is 0 Å². The number of halogens is 2. The lowest BCUT2D eigenvalue weighted by Gasteiger charge is -2.22. The van der Waals surface area contributed by atoms with E-state index in [0.29, 0.717) is 36.0 Å². The van der Waals surface area contributed by atoms with E-state index in [2.05, 4.69) is 15.6 Å². The number of pyridine rings is 1. The topological polar surface area (TPSA) is 80.3 Å². The number of benzene rings is 1. The van der Waals surface area contributed by atoms with Gasteiger partial charge in [-0.15, -0.1) is 0 Å². The molecule has 2 aromatic rings. The normalized spacial score (nSPS) is 16.4. The molecular formula is C21H23ClFN3O3. The second kappa shape index (κ2) is 9.22. The summed E-state index contributed by atoms with van der Waals surface area (Å²) in [7, 11) is 0. The van der Waals surface area contributed by atoms with Crippen molar-refractivity contribution in [3.8, 4) is 0 Å². The fraction of sp³-hybridized carbons (Fsp3) is 0.381. The molecule has 2 heterocycles. The third kappa shape index (κ3) is 5.44. The predicted molar refractivity (Wildman–Crippen MR) is 109 cm³/mol. The lowest BCUT2D eigenvalue weighted by atomic mass is 9.97. The summed E-state index contributed by atoms with van der Waals surface area (Å²) in [6.07, 6.45) is 2.52. The van der Waals surface area contributed by atoms with Crippen molar-refractivity contribution < 1.29 is 18.7 Å². The zero-order valence-corrected chi connectivity index (χ0v) is 17.1. The van der Waals surface area contributed by atoms with Crippen molar-refractivity contribution >= 4 is 35.0 Å². The molecule has 6 nitrogen and oxygen atoms in total. The summed E-state index contributed by atoms with van der Waals surface area (Å²) in [6.45, 7) is 4.72. The quantitative estimate of drug-likeness (QED) is 0.677. The molecule has 0 aliphatic carbocycles. The summed E-state index contributed by atoms with van der Waals surface area (Å²) in [5, 5.41) is 6.20. The number of carbonyl (C=O) groups excluding carboxylic acids is 2. The highest BCUT2D eigenvalue weighted by Gasteiger charge is 2.22. The zero-order chi connectivity index (χ0) is 21.0. The van der Waals surface area contributed by atoms with Gasteiger partial charge in [0, 0.05) is 17.8 Å². The Morgan fingerprint density at radius 3 is 2.90 bits per heavy atom. The van der Waals surface area contributed by atoms with E-state index in [1.807, 2.05) is 13.8 Å². The summed E-state index contributed by atoms with van der Waals surface area (Å²) >= 11 is 5.93. The minimum absolute atomic E-state index is 0.0492. The van der Waals surface area contributed by atoms with E-state index in [-0.39, 0.29) is 29.4 Å². The average molecular weight is 420 g/mol.